The Hall–Kier alpha value is -1.07. The van der Waals surface area contributed by atoms with Crippen LogP contribution in [0.2, 0.25) is 0 Å². The Kier molecular flexibility index (Phi) is 4.82. The second kappa shape index (κ2) is 6.39. The fraction of sp³-hybridized carbons (Fsp3) is 0.500. The zero-order valence-electron chi connectivity index (χ0n) is 11.0. The van der Waals surface area contributed by atoms with Crippen molar-refractivity contribution < 1.29 is 9.53 Å². The predicted molar refractivity (Wildman–Crippen MR) is 79.3 cm³/mol. The van der Waals surface area contributed by atoms with Crippen molar-refractivity contribution in [3.63, 3.8) is 0 Å². The van der Waals surface area contributed by atoms with Gasteiger partial charge >= 0.3 is 0 Å². The summed E-state index contributed by atoms with van der Waals surface area (Å²) in [5.41, 5.74) is 6.62. The fourth-order valence-corrected chi connectivity index (χ4v) is 2.84. The van der Waals surface area contributed by atoms with Gasteiger partial charge in [-0.1, -0.05) is 22.4 Å². The molecule has 19 heavy (non-hydrogen) atoms. The molecular formula is C14H19BrN2O2. The van der Waals surface area contributed by atoms with Gasteiger partial charge in [0, 0.05) is 16.4 Å². The molecule has 0 spiro atoms. The molecule has 0 aromatic heterocycles. The molecule has 0 aliphatic heterocycles. The van der Waals surface area contributed by atoms with Crippen molar-refractivity contribution in [3.05, 3.63) is 22.7 Å². The van der Waals surface area contributed by atoms with Crippen molar-refractivity contribution in [2.45, 2.75) is 31.7 Å². The minimum absolute atomic E-state index is 0.00689. The maximum absolute atomic E-state index is 12.3. The van der Waals surface area contributed by atoms with E-state index in [1.807, 2.05) is 18.2 Å². The molecule has 5 heteroatoms. The van der Waals surface area contributed by atoms with E-state index < -0.39 is 0 Å². The largest absolute Gasteiger partial charge is 0.495 e. The Morgan fingerprint density at radius 2 is 2.26 bits per heavy atom. The van der Waals surface area contributed by atoms with Gasteiger partial charge in [-0.15, -0.1) is 0 Å². The summed E-state index contributed by atoms with van der Waals surface area (Å²) in [6.45, 7) is 0. The van der Waals surface area contributed by atoms with E-state index >= 15 is 0 Å². The quantitative estimate of drug-likeness (QED) is 0.897. The van der Waals surface area contributed by atoms with E-state index in [0.717, 1.165) is 30.2 Å². The maximum Gasteiger partial charge on any atom is 0.227 e. The van der Waals surface area contributed by atoms with Gasteiger partial charge in [0.25, 0.3) is 0 Å². The van der Waals surface area contributed by atoms with Crippen LogP contribution in [0, 0.1) is 5.92 Å². The number of nitrogens with two attached hydrogens (primary N) is 1. The highest BCUT2D eigenvalue weighted by Crippen LogP contribution is 2.30. The first-order chi connectivity index (χ1) is 9.10. The zero-order valence-corrected chi connectivity index (χ0v) is 12.6. The smallest absolute Gasteiger partial charge is 0.227 e. The molecule has 1 amide bonds. The molecule has 4 nitrogen and oxygen atoms in total. The molecular weight excluding hydrogens is 308 g/mol. The third kappa shape index (κ3) is 3.70. The number of hydrogen-bond donors (Lipinski definition) is 2. The van der Waals surface area contributed by atoms with Crippen molar-refractivity contribution in [2.24, 2.45) is 11.7 Å². The third-order valence-corrected chi connectivity index (χ3v) is 4.00. The van der Waals surface area contributed by atoms with E-state index in [1.165, 1.54) is 0 Å². The van der Waals surface area contributed by atoms with E-state index in [4.69, 9.17) is 10.5 Å². The summed E-state index contributed by atoms with van der Waals surface area (Å²) in [7, 11) is 1.59. The van der Waals surface area contributed by atoms with Crippen LogP contribution in [-0.2, 0) is 4.79 Å². The van der Waals surface area contributed by atoms with Crippen LogP contribution in [0.5, 0.6) is 5.75 Å². The van der Waals surface area contributed by atoms with E-state index in [0.29, 0.717) is 11.4 Å². The van der Waals surface area contributed by atoms with Crippen molar-refractivity contribution in [3.8, 4) is 5.75 Å². The number of nitrogens with one attached hydrogen (secondary N) is 1. The molecule has 0 heterocycles. The third-order valence-electron chi connectivity index (χ3n) is 3.50. The number of amides is 1. The molecule has 0 bridgehead atoms. The van der Waals surface area contributed by atoms with Gasteiger partial charge in [-0.25, -0.2) is 0 Å². The molecule has 0 radical (unpaired) electrons. The van der Waals surface area contributed by atoms with Gasteiger partial charge in [0.2, 0.25) is 5.91 Å². The first kappa shape index (κ1) is 14.3. The molecule has 104 valence electrons. The molecule has 1 aromatic rings. The molecule has 2 unspecified atom stereocenters. The van der Waals surface area contributed by atoms with Crippen molar-refractivity contribution in [2.75, 3.05) is 12.4 Å². The predicted octanol–water partition coefficient (Wildman–Crippen LogP) is 2.91. The average Bonchev–Trinajstić information content (AvgIpc) is 2.39. The Balaban J connectivity index is 2.07. The number of rotatable bonds is 3. The van der Waals surface area contributed by atoms with Gasteiger partial charge in [-0.2, -0.15) is 0 Å². The fourth-order valence-electron chi connectivity index (χ4n) is 2.48. The summed E-state index contributed by atoms with van der Waals surface area (Å²) in [4.78, 5) is 12.3. The molecule has 1 aromatic carbocycles. The monoisotopic (exact) mass is 326 g/mol. The first-order valence-electron chi connectivity index (χ1n) is 6.50. The van der Waals surface area contributed by atoms with E-state index in [9.17, 15) is 4.79 Å². The van der Waals surface area contributed by atoms with E-state index in [1.54, 1.807) is 7.11 Å². The summed E-state index contributed by atoms with van der Waals surface area (Å²) in [6.07, 6.45) is 3.72. The number of carbonyl (C=O) groups is 1. The highest BCUT2D eigenvalue weighted by Gasteiger charge is 2.25. The molecule has 1 fully saturated rings. The maximum atomic E-state index is 12.3. The minimum Gasteiger partial charge on any atom is -0.495 e. The second-order valence-corrected chi connectivity index (χ2v) is 5.87. The molecule has 2 rings (SSSR count). The van der Waals surface area contributed by atoms with Crippen molar-refractivity contribution in [1.82, 2.24) is 0 Å². The second-order valence-electron chi connectivity index (χ2n) is 4.96. The van der Waals surface area contributed by atoms with E-state index in [-0.39, 0.29) is 17.9 Å². The Morgan fingerprint density at radius 1 is 1.47 bits per heavy atom. The lowest BCUT2D eigenvalue weighted by Gasteiger charge is -2.25. The lowest BCUT2D eigenvalue weighted by atomic mass is 9.85. The standard InChI is InChI=1S/C14H19BrN2O2/c1-19-13-6-5-10(15)8-12(13)17-14(18)9-3-2-4-11(16)7-9/h5-6,8-9,11H,2-4,7,16H2,1H3,(H,17,18). The van der Waals surface area contributed by atoms with Gasteiger partial charge < -0.3 is 15.8 Å². The van der Waals surface area contributed by atoms with E-state index in [2.05, 4.69) is 21.2 Å². The lowest BCUT2D eigenvalue weighted by molar-refractivity contribution is -0.120. The molecule has 0 saturated heterocycles. The highest BCUT2D eigenvalue weighted by atomic mass is 79.9. The normalized spacial score (nSPS) is 22.9. The average molecular weight is 327 g/mol. The van der Waals surface area contributed by atoms with Gasteiger partial charge in [0.15, 0.2) is 0 Å². The van der Waals surface area contributed by atoms with Crippen LogP contribution in [0.4, 0.5) is 5.69 Å². The number of benzene rings is 1. The van der Waals surface area contributed by atoms with Crippen LogP contribution in [0.15, 0.2) is 22.7 Å². The number of hydrogen-bond acceptors (Lipinski definition) is 3. The summed E-state index contributed by atoms with van der Waals surface area (Å²) < 4.78 is 6.16. The topological polar surface area (TPSA) is 64.3 Å². The summed E-state index contributed by atoms with van der Waals surface area (Å²) in [5, 5.41) is 2.94. The number of carbonyl (C=O) groups excluding carboxylic acids is 1. The first-order valence-corrected chi connectivity index (χ1v) is 7.29. The van der Waals surface area contributed by atoms with Crippen LogP contribution in [0.25, 0.3) is 0 Å². The number of halogens is 1. The summed E-state index contributed by atoms with van der Waals surface area (Å²) >= 11 is 3.39. The molecule has 1 aliphatic rings. The van der Waals surface area contributed by atoms with Gasteiger partial charge in [-0.3, -0.25) is 4.79 Å². The lowest BCUT2D eigenvalue weighted by Crippen LogP contribution is -2.34. The zero-order chi connectivity index (χ0) is 13.8. The van der Waals surface area contributed by atoms with Gasteiger partial charge in [0.05, 0.1) is 12.8 Å². The molecule has 1 saturated carbocycles. The number of anilines is 1. The van der Waals surface area contributed by atoms with Crippen LogP contribution in [0.1, 0.15) is 25.7 Å². The number of ether oxygens (including phenoxy) is 1. The van der Waals surface area contributed by atoms with Gasteiger partial charge in [-0.05, 0) is 37.5 Å². The van der Waals surface area contributed by atoms with Crippen LogP contribution < -0.4 is 15.8 Å². The van der Waals surface area contributed by atoms with Crippen LogP contribution >= 0.6 is 15.9 Å². The highest BCUT2D eigenvalue weighted by molar-refractivity contribution is 9.10. The minimum atomic E-state index is 0.00689. The Labute approximate surface area is 121 Å². The van der Waals surface area contributed by atoms with Crippen LogP contribution in [0.3, 0.4) is 0 Å². The summed E-state index contributed by atoms with van der Waals surface area (Å²) in [6, 6.07) is 5.70. The SMILES string of the molecule is COc1ccc(Br)cc1NC(=O)C1CCCC(N)C1. The Morgan fingerprint density at radius 3 is 2.95 bits per heavy atom. The molecule has 2 atom stereocenters. The van der Waals surface area contributed by atoms with Crippen molar-refractivity contribution in [1.29, 1.82) is 0 Å². The van der Waals surface area contributed by atoms with Crippen molar-refractivity contribution >= 4 is 27.5 Å². The van der Waals surface area contributed by atoms with Crippen LogP contribution in [-0.4, -0.2) is 19.1 Å². The number of methoxy groups -OCH3 is 1. The Bertz CT molecular complexity index is 465. The summed E-state index contributed by atoms with van der Waals surface area (Å²) in [5.74, 6) is 0.704. The molecule has 1 aliphatic carbocycles. The van der Waals surface area contributed by atoms with Gasteiger partial charge in [0.1, 0.15) is 5.75 Å². The molecule has 3 N–H and O–H groups in total.